The molecule has 126 valence electrons. The number of halogens is 1. The summed E-state index contributed by atoms with van der Waals surface area (Å²) in [5.74, 6) is -1.17. The average Bonchev–Trinajstić information content (AvgIpc) is 2.52. The Morgan fingerprint density at radius 2 is 1.87 bits per heavy atom. The van der Waals surface area contributed by atoms with E-state index < -0.39 is 12.0 Å². The third-order valence-corrected chi connectivity index (χ3v) is 4.19. The molecule has 0 spiro atoms. The Hall–Kier alpha value is -1.95. The number of carboxylic acids is 1. The van der Waals surface area contributed by atoms with E-state index in [1.165, 1.54) is 0 Å². The lowest BCUT2D eigenvalue weighted by Gasteiger charge is -2.36. The van der Waals surface area contributed by atoms with Gasteiger partial charge in [0.15, 0.2) is 0 Å². The van der Waals surface area contributed by atoms with E-state index in [4.69, 9.17) is 16.7 Å². The van der Waals surface area contributed by atoms with Crippen molar-refractivity contribution in [1.82, 2.24) is 10.2 Å². The summed E-state index contributed by atoms with van der Waals surface area (Å²) in [7, 11) is 0. The number of hydrogen-bond acceptors (Lipinski definition) is 3. The van der Waals surface area contributed by atoms with Crippen molar-refractivity contribution in [3.8, 4) is 0 Å². The van der Waals surface area contributed by atoms with Crippen molar-refractivity contribution in [2.24, 2.45) is 5.92 Å². The van der Waals surface area contributed by atoms with Gasteiger partial charge in [-0.25, -0.2) is 9.59 Å². The van der Waals surface area contributed by atoms with Crippen LogP contribution in [0.2, 0.25) is 5.02 Å². The molecule has 1 aromatic rings. The smallest absolute Gasteiger partial charge is 0.326 e. The van der Waals surface area contributed by atoms with Crippen LogP contribution in [0, 0.1) is 5.92 Å². The van der Waals surface area contributed by atoms with Gasteiger partial charge in [-0.05, 0) is 24.1 Å². The first-order valence-corrected chi connectivity index (χ1v) is 8.05. The maximum Gasteiger partial charge on any atom is 0.326 e. The first kappa shape index (κ1) is 17.4. The second kappa shape index (κ2) is 7.55. The molecular formula is C16H22ClN3O3. The number of anilines is 1. The summed E-state index contributed by atoms with van der Waals surface area (Å²) in [6.45, 7) is 6.01. The lowest BCUT2D eigenvalue weighted by Crippen LogP contribution is -2.55. The van der Waals surface area contributed by atoms with Crippen molar-refractivity contribution in [3.05, 3.63) is 29.3 Å². The summed E-state index contributed by atoms with van der Waals surface area (Å²) >= 11 is 6.00. The van der Waals surface area contributed by atoms with Crippen LogP contribution in [-0.2, 0) is 4.79 Å². The molecule has 2 N–H and O–H groups in total. The molecule has 0 saturated carbocycles. The molecule has 23 heavy (non-hydrogen) atoms. The van der Waals surface area contributed by atoms with Gasteiger partial charge in [0, 0.05) is 36.9 Å². The van der Waals surface area contributed by atoms with Crippen molar-refractivity contribution in [2.45, 2.75) is 19.9 Å². The van der Waals surface area contributed by atoms with Crippen LogP contribution < -0.4 is 10.2 Å². The molecule has 1 heterocycles. The zero-order valence-electron chi connectivity index (χ0n) is 13.3. The Morgan fingerprint density at radius 1 is 1.22 bits per heavy atom. The third kappa shape index (κ3) is 4.51. The van der Waals surface area contributed by atoms with E-state index in [2.05, 4.69) is 10.2 Å². The predicted molar refractivity (Wildman–Crippen MR) is 90.0 cm³/mol. The maximum absolute atomic E-state index is 12.2. The van der Waals surface area contributed by atoms with Crippen LogP contribution in [0.1, 0.15) is 13.8 Å². The van der Waals surface area contributed by atoms with E-state index in [0.29, 0.717) is 31.2 Å². The molecule has 1 saturated heterocycles. The molecule has 0 aliphatic carbocycles. The summed E-state index contributed by atoms with van der Waals surface area (Å²) in [5, 5.41) is 12.4. The zero-order valence-corrected chi connectivity index (χ0v) is 14.1. The Kier molecular flexibility index (Phi) is 5.71. The molecule has 1 fully saturated rings. The van der Waals surface area contributed by atoms with Crippen LogP contribution in [0.25, 0.3) is 0 Å². The van der Waals surface area contributed by atoms with Gasteiger partial charge in [0.2, 0.25) is 0 Å². The first-order chi connectivity index (χ1) is 10.9. The largest absolute Gasteiger partial charge is 0.480 e. The summed E-state index contributed by atoms with van der Waals surface area (Å²) in [4.78, 5) is 27.2. The van der Waals surface area contributed by atoms with Gasteiger partial charge in [0.05, 0.1) is 0 Å². The van der Waals surface area contributed by atoms with Crippen LogP contribution in [0.3, 0.4) is 0 Å². The number of rotatable bonds is 4. The highest BCUT2D eigenvalue weighted by Crippen LogP contribution is 2.20. The average molecular weight is 340 g/mol. The van der Waals surface area contributed by atoms with Crippen LogP contribution in [0.15, 0.2) is 24.3 Å². The van der Waals surface area contributed by atoms with E-state index in [1.807, 2.05) is 24.3 Å². The highest BCUT2D eigenvalue weighted by molar-refractivity contribution is 6.30. The molecule has 1 aliphatic heterocycles. The number of nitrogens with one attached hydrogen (secondary N) is 1. The van der Waals surface area contributed by atoms with Crippen molar-refractivity contribution >= 4 is 29.3 Å². The first-order valence-electron chi connectivity index (χ1n) is 7.67. The number of amides is 2. The molecule has 1 aromatic carbocycles. The summed E-state index contributed by atoms with van der Waals surface area (Å²) < 4.78 is 0. The molecule has 6 nitrogen and oxygen atoms in total. The van der Waals surface area contributed by atoms with E-state index in [0.717, 1.165) is 5.69 Å². The van der Waals surface area contributed by atoms with Crippen molar-refractivity contribution in [1.29, 1.82) is 0 Å². The zero-order chi connectivity index (χ0) is 17.0. The SMILES string of the molecule is CC(C)C(NC(=O)N1CCN(c2cccc(Cl)c2)CC1)C(=O)O. The van der Waals surface area contributed by atoms with Crippen molar-refractivity contribution in [2.75, 3.05) is 31.1 Å². The molecule has 0 radical (unpaired) electrons. The standard InChI is InChI=1S/C16H22ClN3O3/c1-11(2)14(15(21)22)18-16(23)20-8-6-19(7-9-20)13-5-3-4-12(17)10-13/h3-5,10-11,14H,6-9H2,1-2H3,(H,18,23)(H,21,22). The van der Waals surface area contributed by atoms with Crippen LogP contribution >= 0.6 is 11.6 Å². The number of benzene rings is 1. The Bertz CT molecular complexity index is 571. The summed E-state index contributed by atoms with van der Waals surface area (Å²) in [6, 6.07) is 6.42. The van der Waals surface area contributed by atoms with Gasteiger partial charge >= 0.3 is 12.0 Å². The second-order valence-electron chi connectivity index (χ2n) is 5.96. The second-order valence-corrected chi connectivity index (χ2v) is 6.40. The van der Waals surface area contributed by atoms with Gasteiger partial charge in [-0.3, -0.25) is 0 Å². The number of urea groups is 1. The lowest BCUT2D eigenvalue weighted by atomic mass is 10.1. The topological polar surface area (TPSA) is 72.9 Å². The fourth-order valence-corrected chi connectivity index (χ4v) is 2.76. The van der Waals surface area contributed by atoms with Crippen molar-refractivity contribution < 1.29 is 14.7 Å². The molecule has 2 amide bonds. The molecule has 7 heteroatoms. The number of hydrogen-bond donors (Lipinski definition) is 2. The molecule has 1 unspecified atom stereocenters. The van der Waals surface area contributed by atoms with E-state index in [1.54, 1.807) is 18.7 Å². The highest BCUT2D eigenvalue weighted by Gasteiger charge is 2.27. The minimum Gasteiger partial charge on any atom is -0.480 e. The Morgan fingerprint density at radius 3 is 2.39 bits per heavy atom. The predicted octanol–water partition coefficient (Wildman–Crippen LogP) is 2.28. The number of carbonyl (C=O) groups is 2. The maximum atomic E-state index is 12.2. The number of carbonyl (C=O) groups excluding carboxylic acids is 1. The summed E-state index contributed by atoms with van der Waals surface area (Å²) in [5.41, 5.74) is 1.03. The fraction of sp³-hybridized carbons (Fsp3) is 0.500. The van der Waals surface area contributed by atoms with Gasteiger partial charge in [0.25, 0.3) is 0 Å². The number of piperazine rings is 1. The van der Waals surface area contributed by atoms with Gasteiger partial charge in [-0.15, -0.1) is 0 Å². The fourth-order valence-electron chi connectivity index (χ4n) is 2.58. The van der Waals surface area contributed by atoms with Gasteiger partial charge in [-0.2, -0.15) is 0 Å². The van der Waals surface area contributed by atoms with Crippen LogP contribution in [0.5, 0.6) is 0 Å². The van der Waals surface area contributed by atoms with Crippen LogP contribution in [0.4, 0.5) is 10.5 Å². The van der Waals surface area contributed by atoms with Gasteiger partial charge < -0.3 is 20.2 Å². The minimum absolute atomic E-state index is 0.163. The summed E-state index contributed by atoms with van der Waals surface area (Å²) in [6.07, 6.45) is 0. The monoisotopic (exact) mass is 339 g/mol. The normalized spacial score (nSPS) is 16.3. The minimum atomic E-state index is -1.01. The Labute approximate surface area is 141 Å². The molecule has 1 aliphatic rings. The highest BCUT2D eigenvalue weighted by atomic mass is 35.5. The quantitative estimate of drug-likeness (QED) is 0.882. The number of aliphatic carboxylic acids is 1. The molecule has 0 bridgehead atoms. The van der Waals surface area contributed by atoms with E-state index in [-0.39, 0.29) is 11.9 Å². The third-order valence-electron chi connectivity index (χ3n) is 3.95. The molecular weight excluding hydrogens is 318 g/mol. The lowest BCUT2D eigenvalue weighted by molar-refractivity contribution is -0.140. The number of nitrogens with zero attached hydrogens (tertiary/aromatic N) is 2. The van der Waals surface area contributed by atoms with Gasteiger partial charge in [0.1, 0.15) is 6.04 Å². The van der Waals surface area contributed by atoms with Crippen molar-refractivity contribution in [3.63, 3.8) is 0 Å². The van der Waals surface area contributed by atoms with E-state index >= 15 is 0 Å². The molecule has 2 rings (SSSR count). The van der Waals surface area contributed by atoms with E-state index in [9.17, 15) is 9.59 Å². The molecule has 0 aromatic heterocycles. The molecule has 1 atom stereocenters. The Balaban J connectivity index is 1.91. The number of carboxylic acid groups (broad SMARTS) is 1. The van der Waals surface area contributed by atoms with Gasteiger partial charge in [-0.1, -0.05) is 31.5 Å². The van der Waals surface area contributed by atoms with Crippen LogP contribution in [-0.4, -0.2) is 54.2 Å².